The fraction of sp³-hybridized carbons (Fsp3) is 0.167. The summed E-state index contributed by atoms with van der Waals surface area (Å²) in [5.41, 5.74) is 1.19. The van der Waals surface area contributed by atoms with Gasteiger partial charge in [0.05, 0.1) is 12.7 Å². The van der Waals surface area contributed by atoms with Gasteiger partial charge in [0, 0.05) is 11.1 Å². The second-order valence-electron chi connectivity index (χ2n) is 4.76. The molecule has 0 atom stereocenters. The number of benzene rings is 2. The Bertz CT molecular complexity index is 738. The zero-order valence-electron chi connectivity index (χ0n) is 13.1. The molecule has 0 N–H and O–H groups in total. The SMILES string of the molecule is COc1cc(C=O)ccc1OCCOc1ccc(C=O)cc1C=O. The van der Waals surface area contributed by atoms with Crippen LogP contribution >= 0.6 is 0 Å². The van der Waals surface area contributed by atoms with Crippen LogP contribution in [0.25, 0.3) is 0 Å². The summed E-state index contributed by atoms with van der Waals surface area (Å²) >= 11 is 0. The lowest BCUT2D eigenvalue weighted by Gasteiger charge is -2.12. The number of hydrogen-bond donors (Lipinski definition) is 0. The molecule has 24 heavy (non-hydrogen) atoms. The van der Waals surface area contributed by atoms with Crippen molar-refractivity contribution in [2.45, 2.75) is 0 Å². The number of carbonyl (C=O) groups is 3. The van der Waals surface area contributed by atoms with Crippen LogP contribution in [-0.2, 0) is 0 Å². The quantitative estimate of drug-likeness (QED) is 0.520. The van der Waals surface area contributed by atoms with E-state index in [0.29, 0.717) is 46.5 Å². The van der Waals surface area contributed by atoms with Crippen LogP contribution in [-0.4, -0.2) is 39.2 Å². The van der Waals surface area contributed by atoms with Gasteiger partial charge < -0.3 is 14.2 Å². The molecule has 0 spiro atoms. The van der Waals surface area contributed by atoms with Crippen LogP contribution in [0, 0.1) is 0 Å². The van der Waals surface area contributed by atoms with Gasteiger partial charge in [-0.2, -0.15) is 0 Å². The number of rotatable bonds is 9. The zero-order chi connectivity index (χ0) is 17.4. The molecule has 0 saturated heterocycles. The number of methoxy groups -OCH3 is 1. The minimum absolute atomic E-state index is 0.194. The highest BCUT2D eigenvalue weighted by molar-refractivity contribution is 5.84. The molecule has 0 aliphatic heterocycles. The van der Waals surface area contributed by atoms with E-state index < -0.39 is 0 Å². The Kier molecular flexibility index (Phi) is 6.08. The van der Waals surface area contributed by atoms with Crippen molar-refractivity contribution in [1.29, 1.82) is 0 Å². The smallest absolute Gasteiger partial charge is 0.161 e. The van der Waals surface area contributed by atoms with Gasteiger partial charge in [-0.3, -0.25) is 14.4 Å². The summed E-state index contributed by atoms with van der Waals surface area (Å²) < 4.78 is 16.2. The summed E-state index contributed by atoms with van der Waals surface area (Å²) in [4.78, 5) is 32.5. The van der Waals surface area contributed by atoms with Crippen LogP contribution < -0.4 is 14.2 Å². The van der Waals surface area contributed by atoms with Crippen molar-refractivity contribution in [3.63, 3.8) is 0 Å². The fourth-order valence-corrected chi connectivity index (χ4v) is 2.04. The Morgan fingerprint density at radius 2 is 1.33 bits per heavy atom. The van der Waals surface area contributed by atoms with E-state index in [1.54, 1.807) is 30.3 Å². The largest absolute Gasteiger partial charge is 0.493 e. The third-order valence-electron chi connectivity index (χ3n) is 3.22. The lowest BCUT2D eigenvalue weighted by molar-refractivity contribution is 0.111. The van der Waals surface area contributed by atoms with Crippen LogP contribution in [0.1, 0.15) is 31.1 Å². The molecule has 2 aromatic carbocycles. The van der Waals surface area contributed by atoms with Crippen molar-refractivity contribution < 1.29 is 28.6 Å². The first-order valence-electron chi connectivity index (χ1n) is 7.15. The van der Waals surface area contributed by atoms with Crippen molar-refractivity contribution in [2.24, 2.45) is 0 Å². The number of carbonyl (C=O) groups excluding carboxylic acids is 3. The topological polar surface area (TPSA) is 78.9 Å². The average Bonchev–Trinajstić information content (AvgIpc) is 2.65. The van der Waals surface area contributed by atoms with E-state index in [4.69, 9.17) is 14.2 Å². The molecule has 6 heteroatoms. The van der Waals surface area contributed by atoms with Crippen molar-refractivity contribution in [3.05, 3.63) is 53.1 Å². The van der Waals surface area contributed by atoms with E-state index in [-0.39, 0.29) is 13.2 Å². The molecule has 124 valence electrons. The van der Waals surface area contributed by atoms with Gasteiger partial charge in [0.15, 0.2) is 17.8 Å². The molecular weight excluding hydrogens is 312 g/mol. The zero-order valence-corrected chi connectivity index (χ0v) is 13.1. The van der Waals surface area contributed by atoms with Gasteiger partial charge >= 0.3 is 0 Å². The Morgan fingerprint density at radius 1 is 0.750 bits per heavy atom. The van der Waals surface area contributed by atoms with Gasteiger partial charge in [0.25, 0.3) is 0 Å². The van der Waals surface area contributed by atoms with Gasteiger partial charge in [-0.1, -0.05) is 0 Å². The predicted molar refractivity (Wildman–Crippen MR) is 86.6 cm³/mol. The Labute approximate surface area is 139 Å². The minimum Gasteiger partial charge on any atom is -0.493 e. The van der Waals surface area contributed by atoms with Crippen molar-refractivity contribution in [2.75, 3.05) is 20.3 Å². The lowest BCUT2D eigenvalue weighted by atomic mass is 10.1. The Hall–Kier alpha value is -3.15. The average molecular weight is 328 g/mol. The maximum Gasteiger partial charge on any atom is 0.161 e. The first kappa shape index (κ1) is 17.2. The number of ether oxygens (including phenoxy) is 3. The van der Waals surface area contributed by atoms with E-state index in [1.165, 1.54) is 13.2 Å². The third kappa shape index (κ3) is 4.19. The monoisotopic (exact) mass is 328 g/mol. The second kappa shape index (κ2) is 8.47. The number of hydrogen-bond acceptors (Lipinski definition) is 6. The van der Waals surface area contributed by atoms with Crippen LogP contribution in [0.2, 0.25) is 0 Å². The van der Waals surface area contributed by atoms with Gasteiger partial charge in [-0.25, -0.2) is 0 Å². The van der Waals surface area contributed by atoms with Crippen LogP contribution in [0.15, 0.2) is 36.4 Å². The maximum atomic E-state index is 11.0. The molecule has 0 amide bonds. The highest BCUT2D eigenvalue weighted by Gasteiger charge is 2.07. The van der Waals surface area contributed by atoms with E-state index >= 15 is 0 Å². The molecule has 0 radical (unpaired) electrons. The Morgan fingerprint density at radius 3 is 1.92 bits per heavy atom. The lowest BCUT2D eigenvalue weighted by Crippen LogP contribution is -2.10. The summed E-state index contributed by atoms with van der Waals surface area (Å²) in [7, 11) is 1.48. The summed E-state index contributed by atoms with van der Waals surface area (Å²) in [5.74, 6) is 1.31. The Balaban J connectivity index is 1.95. The first-order chi connectivity index (χ1) is 11.7. The molecule has 0 aliphatic rings. The molecule has 0 saturated carbocycles. The van der Waals surface area contributed by atoms with Crippen LogP contribution in [0.5, 0.6) is 17.2 Å². The number of aldehydes is 3. The van der Waals surface area contributed by atoms with Gasteiger partial charge in [0.2, 0.25) is 0 Å². The molecule has 0 aliphatic carbocycles. The van der Waals surface area contributed by atoms with Crippen LogP contribution in [0.3, 0.4) is 0 Å². The van der Waals surface area contributed by atoms with Crippen LogP contribution in [0.4, 0.5) is 0 Å². The maximum absolute atomic E-state index is 11.0. The fourth-order valence-electron chi connectivity index (χ4n) is 2.04. The second-order valence-corrected chi connectivity index (χ2v) is 4.76. The molecule has 0 fully saturated rings. The third-order valence-corrected chi connectivity index (χ3v) is 3.22. The molecule has 6 nitrogen and oxygen atoms in total. The molecular formula is C18H16O6. The van der Waals surface area contributed by atoms with E-state index in [2.05, 4.69) is 0 Å². The molecule has 0 unspecified atom stereocenters. The summed E-state index contributed by atoms with van der Waals surface area (Å²) in [6.07, 6.45) is 2.01. The van der Waals surface area contributed by atoms with Crippen molar-refractivity contribution in [3.8, 4) is 17.2 Å². The summed E-state index contributed by atoms with van der Waals surface area (Å²) in [6.45, 7) is 0.407. The predicted octanol–water partition coefficient (Wildman–Crippen LogP) is 2.59. The van der Waals surface area contributed by atoms with Gasteiger partial charge in [-0.05, 0) is 36.4 Å². The molecule has 0 heterocycles. The van der Waals surface area contributed by atoms with E-state index in [9.17, 15) is 14.4 Å². The summed E-state index contributed by atoms with van der Waals surface area (Å²) in [6, 6.07) is 9.42. The highest BCUT2D eigenvalue weighted by Crippen LogP contribution is 2.27. The molecule has 0 bridgehead atoms. The van der Waals surface area contributed by atoms with Gasteiger partial charge in [-0.15, -0.1) is 0 Å². The van der Waals surface area contributed by atoms with E-state index in [1.807, 2.05) is 0 Å². The van der Waals surface area contributed by atoms with Gasteiger partial charge in [0.1, 0.15) is 31.5 Å². The normalized spacial score (nSPS) is 9.88. The molecule has 2 aromatic rings. The molecule has 2 rings (SSSR count). The first-order valence-corrected chi connectivity index (χ1v) is 7.15. The molecule has 0 aromatic heterocycles. The minimum atomic E-state index is 0.194. The van der Waals surface area contributed by atoms with Crippen molar-refractivity contribution >= 4 is 18.9 Å². The standard InChI is InChI=1S/C18H16O6/c1-22-18-9-14(11-20)3-5-17(18)24-7-6-23-16-4-2-13(10-19)8-15(16)12-21/h2-5,8-12H,6-7H2,1H3. The highest BCUT2D eigenvalue weighted by atomic mass is 16.5. The summed E-state index contributed by atoms with van der Waals surface area (Å²) in [5, 5.41) is 0. The van der Waals surface area contributed by atoms with E-state index in [0.717, 1.165) is 6.29 Å². The van der Waals surface area contributed by atoms with Crippen molar-refractivity contribution in [1.82, 2.24) is 0 Å².